The maximum Gasteiger partial charge on any atom is 0.204 e. The highest BCUT2D eigenvalue weighted by atomic mass is 19.1. The summed E-state index contributed by atoms with van der Waals surface area (Å²) >= 11 is 0. The molecule has 0 saturated carbocycles. The normalized spacial score (nSPS) is 20.7. The third-order valence-corrected chi connectivity index (χ3v) is 3.79. The van der Waals surface area contributed by atoms with Gasteiger partial charge in [0, 0.05) is 6.54 Å². The van der Waals surface area contributed by atoms with Gasteiger partial charge in [-0.3, -0.25) is 0 Å². The number of anilines is 1. The van der Waals surface area contributed by atoms with Crippen molar-refractivity contribution in [3.63, 3.8) is 0 Å². The Kier molecular flexibility index (Phi) is 3.38. The highest BCUT2D eigenvalue weighted by Crippen LogP contribution is 2.24. The molecule has 1 aliphatic rings. The monoisotopic (exact) mass is 263 g/mol. The van der Waals surface area contributed by atoms with Crippen LogP contribution in [0.5, 0.6) is 0 Å². The Morgan fingerprint density at radius 3 is 3.11 bits per heavy atom. The number of hydrogen-bond donors (Lipinski definition) is 2. The molecule has 1 unspecified atom stereocenters. The molecule has 1 atom stereocenters. The van der Waals surface area contributed by atoms with Crippen molar-refractivity contribution in [2.45, 2.75) is 31.7 Å². The molecule has 3 rings (SSSR count). The van der Waals surface area contributed by atoms with Gasteiger partial charge in [0.25, 0.3) is 0 Å². The first-order valence-electron chi connectivity index (χ1n) is 6.80. The van der Waals surface area contributed by atoms with E-state index in [9.17, 15) is 9.50 Å². The molecule has 102 valence electrons. The van der Waals surface area contributed by atoms with Crippen LogP contribution >= 0.6 is 0 Å². The van der Waals surface area contributed by atoms with Crippen molar-refractivity contribution in [2.24, 2.45) is 0 Å². The number of aliphatic hydroxyl groups is 1. The minimum absolute atomic E-state index is 0.105. The van der Waals surface area contributed by atoms with Gasteiger partial charge in [-0.05, 0) is 31.0 Å². The van der Waals surface area contributed by atoms with Gasteiger partial charge >= 0.3 is 0 Å². The minimum Gasteiger partial charge on any atom is -0.394 e. The van der Waals surface area contributed by atoms with E-state index >= 15 is 0 Å². The van der Waals surface area contributed by atoms with E-state index in [2.05, 4.69) is 14.9 Å². The molecule has 1 saturated heterocycles. The quantitative estimate of drug-likeness (QED) is 0.875. The van der Waals surface area contributed by atoms with Crippen molar-refractivity contribution >= 4 is 17.0 Å². The summed E-state index contributed by atoms with van der Waals surface area (Å²) in [5, 5.41) is 9.52. The zero-order valence-electron chi connectivity index (χ0n) is 10.8. The summed E-state index contributed by atoms with van der Waals surface area (Å²) in [5.74, 6) is 0.471. The predicted octanol–water partition coefficient (Wildman–Crippen LogP) is 2.44. The van der Waals surface area contributed by atoms with Gasteiger partial charge in [-0.25, -0.2) is 9.37 Å². The zero-order chi connectivity index (χ0) is 13.2. The van der Waals surface area contributed by atoms with E-state index in [0.29, 0.717) is 5.52 Å². The third-order valence-electron chi connectivity index (χ3n) is 3.79. The fourth-order valence-corrected chi connectivity index (χ4v) is 2.75. The molecule has 2 heterocycles. The van der Waals surface area contributed by atoms with E-state index in [0.717, 1.165) is 37.3 Å². The fraction of sp³-hybridized carbons (Fsp3) is 0.500. The molecule has 0 radical (unpaired) electrons. The van der Waals surface area contributed by atoms with Crippen molar-refractivity contribution in [3.05, 3.63) is 24.0 Å². The summed E-state index contributed by atoms with van der Waals surface area (Å²) < 4.78 is 13.2. The number of imidazole rings is 1. The molecule has 1 fully saturated rings. The highest BCUT2D eigenvalue weighted by Gasteiger charge is 2.23. The number of hydrogen-bond acceptors (Lipinski definition) is 3. The first kappa shape index (κ1) is 12.4. The molecule has 0 spiro atoms. The van der Waals surface area contributed by atoms with E-state index in [4.69, 9.17) is 0 Å². The maximum atomic E-state index is 13.2. The minimum atomic E-state index is -0.266. The summed E-state index contributed by atoms with van der Waals surface area (Å²) in [6, 6.07) is 4.65. The SMILES string of the molecule is OCC1CCCCCN1c1nc2ccc(F)cc2[nH]1. The van der Waals surface area contributed by atoms with Crippen LogP contribution in [0.15, 0.2) is 18.2 Å². The maximum absolute atomic E-state index is 13.2. The molecule has 0 amide bonds. The van der Waals surface area contributed by atoms with Gasteiger partial charge in [0.2, 0.25) is 5.95 Å². The summed E-state index contributed by atoms with van der Waals surface area (Å²) in [6.07, 6.45) is 4.39. The number of aromatic amines is 1. The molecule has 0 aliphatic carbocycles. The second kappa shape index (κ2) is 5.17. The number of aromatic nitrogens is 2. The molecule has 2 aromatic rings. The highest BCUT2D eigenvalue weighted by molar-refractivity contribution is 5.77. The number of benzene rings is 1. The topological polar surface area (TPSA) is 52.1 Å². The Labute approximate surface area is 111 Å². The number of fused-ring (bicyclic) bond motifs is 1. The summed E-state index contributed by atoms with van der Waals surface area (Å²) in [7, 11) is 0. The number of aliphatic hydroxyl groups excluding tert-OH is 1. The van der Waals surface area contributed by atoms with Gasteiger partial charge in [-0.2, -0.15) is 0 Å². The second-order valence-electron chi connectivity index (χ2n) is 5.10. The van der Waals surface area contributed by atoms with E-state index in [1.807, 2.05) is 0 Å². The first-order chi connectivity index (χ1) is 9.28. The summed E-state index contributed by atoms with van der Waals surface area (Å²) in [5.41, 5.74) is 1.47. The average Bonchev–Trinajstić information content (AvgIpc) is 2.67. The third kappa shape index (κ3) is 2.42. The Hall–Kier alpha value is -1.62. The van der Waals surface area contributed by atoms with Crippen LogP contribution in [0.1, 0.15) is 25.7 Å². The molecule has 5 heteroatoms. The Bertz CT molecular complexity index is 569. The van der Waals surface area contributed by atoms with Crippen LogP contribution in [0, 0.1) is 5.82 Å². The van der Waals surface area contributed by atoms with Crippen LogP contribution in [-0.2, 0) is 0 Å². The molecule has 2 N–H and O–H groups in total. The van der Waals surface area contributed by atoms with Crippen LogP contribution in [0.4, 0.5) is 10.3 Å². The van der Waals surface area contributed by atoms with Crippen LogP contribution in [0.25, 0.3) is 11.0 Å². The van der Waals surface area contributed by atoms with E-state index in [-0.39, 0.29) is 18.5 Å². The van der Waals surface area contributed by atoms with Gasteiger partial charge in [-0.15, -0.1) is 0 Å². The number of nitrogens with zero attached hydrogens (tertiary/aromatic N) is 2. The fourth-order valence-electron chi connectivity index (χ4n) is 2.75. The van der Waals surface area contributed by atoms with Crippen LogP contribution in [0.3, 0.4) is 0 Å². The number of rotatable bonds is 2. The lowest BCUT2D eigenvalue weighted by Crippen LogP contribution is -2.38. The molecular weight excluding hydrogens is 245 g/mol. The second-order valence-corrected chi connectivity index (χ2v) is 5.10. The lowest BCUT2D eigenvalue weighted by molar-refractivity contribution is 0.254. The molecule has 1 aromatic heterocycles. The van der Waals surface area contributed by atoms with E-state index in [1.54, 1.807) is 6.07 Å². The lowest BCUT2D eigenvalue weighted by atomic mass is 10.1. The smallest absolute Gasteiger partial charge is 0.204 e. The van der Waals surface area contributed by atoms with Crippen LogP contribution in [0.2, 0.25) is 0 Å². The van der Waals surface area contributed by atoms with Crippen LogP contribution in [-0.4, -0.2) is 34.3 Å². The zero-order valence-corrected chi connectivity index (χ0v) is 10.8. The Balaban J connectivity index is 1.96. The van der Waals surface area contributed by atoms with Crippen LogP contribution < -0.4 is 4.90 Å². The van der Waals surface area contributed by atoms with Gasteiger partial charge < -0.3 is 15.0 Å². The van der Waals surface area contributed by atoms with Crippen molar-refractivity contribution in [1.29, 1.82) is 0 Å². The molecule has 4 nitrogen and oxygen atoms in total. The molecule has 19 heavy (non-hydrogen) atoms. The number of H-pyrrole nitrogens is 1. The van der Waals surface area contributed by atoms with E-state index in [1.165, 1.54) is 18.6 Å². The number of halogens is 1. The van der Waals surface area contributed by atoms with Gasteiger partial charge in [0.05, 0.1) is 23.7 Å². The molecule has 1 aliphatic heterocycles. The predicted molar refractivity (Wildman–Crippen MR) is 72.7 cm³/mol. The Morgan fingerprint density at radius 2 is 2.26 bits per heavy atom. The molecular formula is C14H18FN3O. The van der Waals surface area contributed by atoms with Crippen molar-refractivity contribution in [2.75, 3.05) is 18.1 Å². The van der Waals surface area contributed by atoms with Gasteiger partial charge in [0.1, 0.15) is 5.82 Å². The standard InChI is InChI=1S/C14H18FN3O/c15-10-5-6-12-13(8-10)17-14(16-12)18-7-3-1-2-4-11(18)9-19/h5-6,8,11,19H,1-4,7,9H2,(H,16,17). The van der Waals surface area contributed by atoms with Crippen molar-refractivity contribution < 1.29 is 9.50 Å². The lowest BCUT2D eigenvalue weighted by Gasteiger charge is -2.28. The largest absolute Gasteiger partial charge is 0.394 e. The van der Waals surface area contributed by atoms with Gasteiger partial charge in [-0.1, -0.05) is 12.8 Å². The van der Waals surface area contributed by atoms with Crippen molar-refractivity contribution in [3.8, 4) is 0 Å². The van der Waals surface area contributed by atoms with E-state index < -0.39 is 0 Å². The van der Waals surface area contributed by atoms with Crippen molar-refractivity contribution in [1.82, 2.24) is 9.97 Å². The Morgan fingerprint density at radius 1 is 1.37 bits per heavy atom. The average molecular weight is 263 g/mol. The summed E-state index contributed by atoms with van der Waals surface area (Å²) in [6.45, 7) is 1.01. The van der Waals surface area contributed by atoms with Gasteiger partial charge in [0.15, 0.2) is 0 Å². The summed E-state index contributed by atoms with van der Waals surface area (Å²) in [4.78, 5) is 9.79. The molecule has 0 bridgehead atoms. The molecule has 1 aromatic carbocycles. The first-order valence-corrected chi connectivity index (χ1v) is 6.80. The number of nitrogens with one attached hydrogen (secondary N) is 1.